The first-order valence-electron chi connectivity index (χ1n) is 5.28. The monoisotopic (exact) mass is 226 g/mol. The second-order valence-corrected chi connectivity index (χ2v) is 4.28. The summed E-state index contributed by atoms with van der Waals surface area (Å²) >= 11 is 0. The van der Waals surface area contributed by atoms with E-state index in [1.807, 2.05) is 6.92 Å². The summed E-state index contributed by atoms with van der Waals surface area (Å²) in [6.07, 6.45) is 1.04. The molecule has 0 amide bonds. The number of hydrogen-bond donors (Lipinski definition) is 0. The molecule has 0 bridgehead atoms. The molecule has 0 aliphatic carbocycles. The van der Waals surface area contributed by atoms with E-state index in [9.17, 15) is 13.6 Å². The smallest absolute Gasteiger partial charge is 0.270 e. The number of carbonyl (C=O) groups excluding carboxylic acids is 1. The van der Waals surface area contributed by atoms with Crippen LogP contribution in [0.15, 0.2) is 18.2 Å². The van der Waals surface area contributed by atoms with Crippen LogP contribution in [0.3, 0.4) is 0 Å². The fourth-order valence-corrected chi connectivity index (χ4v) is 1.76. The lowest BCUT2D eigenvalue weighted by Gasteiger charge is -2.19. The molecule has 0 spiro atoms. The maximum atomic E-state index is 13.4. The van der Waals surface area contributed by atoms with Crippen LogP contribution in [0, 0.1) is 6.92 Å². The van der Waals surface area contributed by atoms with Gasteiger partial charge in [0.05, 0.1) is 0 Å². The molecule has 0 aliphatic rings. The Balaban J connectivity index is 3.23. The van der Waals surface area contributed by atoms with Crippen molar-refractivity contribution in [2.45, 2.75) is 39.0 Å². The summed E-state index contributed by atoms with van der Waals surface area (Å²) in [7, 11) is 0. The third-order valence-electron chi connectivity index (χ3n) is 2.66. The topological polar surface area (TPSA) is 17.1 Å². The van der Waals surface area contributed by atoms with Crippen molar-refractivity contribution in [1.82, 2.24) is 0 Å². The normalized spacial score (nSPS) is 13.6. The Kier molecular flexibility index (Phi) is 3.79. The number of aryl methyl sites for hydroxylation is 1. The summed E-state index contributed by atoms with van der Waals surface area (Å²) in [5.41, 5.74) is 1.52. The van der Waals surface area contributed by atoms with Crippen molar-refractivity contribution in [3.63, 3.8) is 0 Å². The Morgan fingerprint density at radius 2 is 2.06 bits per heavy atom. The highest BCUT2D eigenvalue weighted by Gasteiger charge is 2.28. The zero-order valence-electron chi connectivity index (χ0n) is 9.76. The van der Waals surface area contributed by atoms with Crippen molar-refractivity contribution >= 4 is 6.29 Å². The number of rotatable bonds is 4. The fourth-order valence-electron chi connectivity index (χ4n) is 1.76. The summed E-state index contributed by atoms with van der Waals surface area (Å²) in [6, 6.07) is 4.86. The van der Waals surface area contributed by atoms with Crippen molar-refractivity contribution in [3.8, 4) is 0 Å². The van der Waals surface area contributed by atoms with Gasteiger partial charge in [-0.25, -0.2) is 8.78 Å². The van der Waals surface area contributed by atoms with E-state index < -0.39 is 5.92 Å². The van der Waals surface area contributed by atoms with Crippen LogP contribution in [-0.2, 0) is 10.7 Å². The van der Waals surface area contributed by atoms with Crippen LogP contribution in [0.2, 0.25) is 0 Å². The van der Waals surface area contributed by atoms with Crippen LogP contribution in [0.4, 0.5) is 8.78 Å². The molecular weight excluding hydrogens is 210 g/mol. The summed E-state index contributed by atoms with van der Waals surface area (Å²) in [6.45, 7) is 4.53. The molecular formula is C13H16F2O. The SMILES string of the molecule is Cc1ccc(C(C)(F)F)c(C(C)CC=O)c1. The number of alkyl halides is 2. The summed E-state index contributed by atoms with van der Waals surface area (Å²) in [5, 5.41) is 0. The molecule has 0 heterocycles. The van der Waals surface area contributed by atoms with Gasteiger partial charge in [-0.05, 0) is 18.4 Å². The number of aldehydes is 1. The van der Waals surface area contributed by atoms with Gasteiger partial charge in [0.2, 0.25) is 0 Å². The summed E-state index contributed by atoms with van der Waals surface area (Å²) in [5.74, 6) is -3.03. The van der Waals surface area contributed by atoms with Gasteiger partial charge in [0.15, 0.2) is 0 Å². The average Bonchev–Trinajstić information content (AvgIpc) is 2.16. The van der Waals surface area contributed by atoms with E-state index in [0.29, 0.717) is 5.56 Å². The molecule has 1 aromatic carbocycles. The molecule has 0 aromatic heterocycles. The first-order chi connectivity index (χ1) is 7.36. The van der Waals surface area contributed by atoms with E-state index in [2.05, 4.69) is 0 Å². The van der Waals surface area contributed by atoms with Crippen molar-refractivity contribution < 1.29 is 13.6 Å². The van der Waals surface area contributed by atoms with Gasteiger partial charge in [-0.15, -0.1) is 0 Å². The Morgan fingerprint density at radius 3 is 2.56 bits per heavy atom. The maximum Gasteiger partial charge on any atom is 0.270 e. The lowest BCUT2D eigenvalue weighted by molar-refractivity contribution is -0.108. The number of hydrogen-bond acceptors (Lipinski definition) is 1. The highest BCUT2D eigenvalue weighted by Crippen LogP contribution is 2.34. The van der Waals surface area contributed by atoms with Crippen molar-refractivity contribution in [3.05, 3.63) is 34.9 Å². The van der Waals surface area contributed by atoms with E-state index in [-0.39, 0.29) is 17.9 Å². The van der Waals surface area contributed by atoms with Crippen molar-refractivity contribution in [1.29, 1.82) is 0 Å². The molecule has 0 saturated heterocycles. The molecule has 16 heavy (non-hydrogen) atoms. The lowest BCUT2D eigenvalue weighted by Crippen LogP contribution is -2.13. The van der Waals surface area contributed by atoms with E-state index in [0.717, 1.165) is 18.8 Å². The minimum atomic E-state index is -2.86. The van der Waals surface area contributed by atoms with Gasteiger partial charge in [-0.2, -0.15) is 0 Å². The molecule has 0 saturated carbocycles. The van der Waals surface area contributed by atoms with E-state index in [4.69, 9.17) is 0 Å². The second-order valence-electron chi connectivity index (χ2n) is 4.28. The molecule has 0 N–H and O–H groups in total. The molecule has 1 unspecified atom stereocenters. The quantitative estimate of drug-likeness (QED) is 0.714. The van der Waals surface area contributed by atoms with E-state index in [1.54, 1.807) is 19.1 Å². The summed E-state index contributed by atoms with van der Waals surface area (Å²) in [4.78, 5) is 10.4. The number of halogens is 2. The van der Waals surface area contributed by atoms with Crippen LogP contribution in [-0.4, -0.2) is 6.29 Å². The lowest BCUT2D eigenvalue weighted by atomic mass is 9.90. The van der Waals surface area contributed by atoms with Crippen LogP contribution in [0.1, 0.15) is 42.9 Å². The third kappa shape index (κ3) is 2.87. The molecule has 88 valence electrons. The van der Waals surface area contributed by atoms with E-state index in [1.165, 1.54) is 6.07 Å². The second kappa shape index (κ2) is 4.73. The molecule has 1 nitrogen and oxygen atoms in total. The van der Waals surface area contributed by atoms with Crippen LogP contribution < -0.4 is 0 Å². The predicted octanol–water partition coefficient (Wildman–Crippen LogP) is 3.80. The van der Waals surface area contributed by atoms with E-state index >= 15 is 0 Å². The standard InChI is InChI=1S/C13H16F2O/c1-9-4-5-12(13(3,14)15)11(8-9)10(2)6-7-16/h4-5,7-8,10H,6H2,1-3H3. The fraction of sp³-hybridized carbons (Fsp3) is 0.462. The third-order valence-corrected chi connectivity index (χ3v) is 2.66. The molecule has 1 aromatic rings. The highest BCUT2D eigenvalue weighted by molar-refractivity contribution is 5.52. The van der Waals surface area contributed by atoms with Gasteiger partial charge >= 0.3 is 0 Å². The zero-order valence-corrected chi connectivity index (χ0v) is 9.76. The van der Waals surface area contributed by atoms with Crippen molar-refractivity contribution in [2.75, 3.05) is 0 Å². The first-order valence-corrected chi connectivity index (χ1v) is 5.28. The molecule has 1 atom stereocenters. The number of carbonyl (C=O) groups is 1. The Bertz CT molecular complexity index is 380. The van der Waals surface area contributed by atoms with Gasteiger partial charge in [0.25, 0.3) is 5.92 Å². The Morgan fingerprint density at radius 1 is 1.44 bits per heavy atom. The molecule has 0 aliphatic heterocycles. The maximum absolute atomic E-state index is 13.4. The van der Waals surface area contributed by atoms with Crippen LogP contribution in [0.25, 0.3) is 0 Å². The van der Waals surface area contributed by atoms with Crippen LogP contribution in [0.5, 0.6) is 0 Å². The predicted molar refractivity (Wildman–Crippen MR) is 59.8 cm³/mol. The highest BCUT2D eigenvalue weighted by atomic mass is 19.3. The molecule has 3 heteroatoms. The number of benzene rings is 1. The molecule has 0 fully saturated rings. The average molecular weight is 226 g/mol. The largest absolute Gasteiger partial charge is 0.303 e. The summed E-state index contributed by atoms with van der Waals surface area (Å²) < 4.78 is 26.7. The minimum absolute atomic E-state index is 0.0208. The molecule has 0 radical (unpaired) electrons. The van der Waals surface area contributed by atoms with Gasteiger partial charge in [0.1, 0.15) is 6.29 Å². The van der Waals surface area contributed by atoms with Gasteiger partial charge in [-0.3, -0.25) is 0 Å². The van der Waals surface area contributed by atoms with Gasteiger partial charge in [0, 0.05) is 18.9 Å². The van der Waals surface area contributed by atoms with Crippen LogP contribution >= 0.6 is 0 Å². The minimum Gasteiger partial charge on any atom is -0.303 e. The Labute approximate surface area is 94.5 Å². The van der Waals surface area contributed by atoms with Gasteiger partial charge in [-0.1, -0.05) is 30.7 Å². The van der Waals surface area contributed by atoms with Crippen molar-refractivity contribution in [2.24, 2.45) is 0 Å². The zero-order chi connectivity index (χ0) is 12.3. The Hall–Kier alpha value is -1.25. The van der Waals surface area contributed by atoms with Gasteiger partial charge < -0.3 is 4.79 Å². The first kappa shape index (κ1) is 12.8. The molecule has 1 rings (SSSR count).